The SMILES string of the molecule is CCOc1c(N)nsc1N1CCCOC(C)C1. The number of anilines is 2. The minimum atomic E-state index is 0.232. The second kappa shape index (κ2) is 5.55. The molecule has 6 heteroatoms. The van der Waals surface area contributed by atoms with Gasteiger partial charge in [0.05, 0.1) is 12.7 Å². The maximum atomic E-state index is 5.82. The van der Waals surface area contributed by atoms with Crippen molar-refractivity contribution in [3.8, 4) is 5.75 Å². The van der Waals surface area contributed by atoms with Crippen LogP contribution in [0.3, 0.4) is 0 Å². The van der Waals surface area contributed by atoms with Crippen molar-refractivity contribution < 1.29 is 9.47 Å². The monoisotopic (exact) mass is 257 g/mol. The molecular weight excluding hydrogens is 238 g/mol. The zero-order chi connectivity index (χ0) is 12.3. The average molecular weight is 257 g/mol. The molecule has 1 aromatic heterocycles. The van der Waals surface area contributed by atoms with Gasteiger partial charge < -0.3 is 20.1 Å². The Morgan fingerprint density at radius 1 is 1.65 bits per heavy atom. The number of nitrogen functional groups attached to an aromatic ring is 1. The molecule has 1 fully saturated rings. The zero-order valence-electron chi connectivity index (χ0n) is 10.3. The van der Waals surface area contributed by atoms with Crippen LogP contribution < -0.4 is 15.4 Å². The summed E-state index contributed by atoms with van der Waals surface area (Å²) in [4.78, 5) is 2.26. The van der Waals surface area contributed by atoms with Gasteiger partial charge in [-0.1, -0.05) is 0 Å². The van der Waals surface area contributed by atoms with E-state index in [2.05, 4.69) is 16.2 Å². The van der Waals surface area contributed by atoms with Gasteiger partial charge in [0.15, 0.2) is 16.6 Å². The third-order valence-electron chi connectivity index (χ3n) is 2.69. The fourth-order valence-corrected chi connectivity index (χ4v) is 2.74. The Hall–Kier alpha value is -1.01. The van der Waals surface area contributed by atoms with E-state index >= 15 is 0 Å². The number of nitrogens with two attached hydrogens (primary N) is 1. The fourth-order valence-electron chi connectivity index (χ4n) is 1.94. The first-order valence-electron chi connectivity index (χ1n) is 5.96. The molecule has 2 heterocycles. The van der Waals surface area contributed by atoms with E-state index in [1.165, 1.54) is 11.5 Å². The first-order chi connectivity index (χ1) is 8.22. The van der Waals surface area contributed by atoms with Crippen LogP contribution in [0.5, 0.6) is 5.75 Å². The van der Waals surface area contributed by atoms with Crippen LogP contribution in [-0.2, 0) is 4.74 Å². The van der Waals surface area contributed by atoms with E-state index in [4.69, 9.17) is 15.2 Å². The van der Waals surface area contributed by atoms with Crippen molar-refractivity contribution in [3.05, 3.63) is 0 Å². The number of hydrogen-bond donors (Lipinski definition) is 1. The summed E-state index contributed by atoms with van der Waals surface area (Å²) >= 11 is 1.40. The summed E-state index contributed by atoms with van der Waals surface area (Å²) in [5, 5.41) is 1.03. The van der Waals surface area contributed by atoms with Crippen LogP contribution in [0.2, 0.25) is 0 Å². The van der Waals surface area contributed by atoms with E-state index in [0.29, 0.717) is 12.4 Å². The van der Waals surface area contributed by atoms with E-state index < -0.39 is 0 Å². The van der Waals surface area contributed by atoms with Crippen molar-refractivity contribution in [2.75, 3.05) is 36.9 Å². The van der Waals surface area contributed by atoms with E-state index in [1.807, 2.05) is 6.92 Å². The third kappa shape index (κ3) is 2.81. The van der Waals surface area contributed by atoms with Crippen LogP contribution in [0, 0.1) is 0 Å². The van der Waals surface area contributed by atoms with Crippen LogP contribution in [-0.4, -0.2) is 36.8 Å². The highest BCUT2D eigenvalue weighted by atomic mass is 32.1. The van der Waals surface area contributed by atoms with Crippen molar-refractivity contribution in [2.45, 2.75) is 26.4 Å². The Labute approximate surface area is 106 Å². The standard InChI is InChI=1S/C11H19N3O2S/c1-3-15-9-10(12)13-17-11(9)14-5-4-6-16-8(2)7-14/h8H,3-7H2,1-2H3,(H2,12,13). The van der Waals surface area contributed by atoms with Crippen LogP contribution >= 0.6 is 11.5 Å². The van der Waals surface area contributed by atoms with E-state index in [9.17, 15) is 0 Å². The quantitative estimate of drug-likeness (QED) is 0.893. The minimum Gasteiger partial charge on any atom is -0.487 e. The Morgan fingerprint density at radius 3 is 3.24 bits per heavy atom. The third-order valence-corrected chi connectivity index (χ3v) is 3.59. The molecule has 5 nitrogen and oxygen atoms in total. The van der Waals surface area contributed by atoms with Gasteiger partial charge in [-0.3, -0.25) is 0 Å². The van der Waals surface area contributed by atoms with Gasteiger partial charge in [-0.05, 0) is 31.8 Å². The highest BCUT2D eigenvalue weighted by Crippen LogP contribution is 2.38. The van der Waals surface area contributed by atoms with Crippen molar-refractivity contribution in [1.29, 1.82) is 0 Å². The van der Waals surface area contributed by atoms with E-state index in [1.54, 1.807) is 0 Å². The van der Waals surface area contributed by atoms with Gasteiger partial charge in [0, 0.05) is 19.7 Å². The molecule has 0 bridgehead atoms. The van der Waals surface area contributed by atoms with Crippen molar-refractivity contribution in [2.24, 2.45) is 0 Å². The molecule has 0 aromatic carbocycles. The van der Waals surface area contributed by atoms with Crippen molar-refractivity contribution >= 4 is 22.4 Å². The molecule has 1 saturated heterocycles. The molecule has 0 radical (unpaired) electrons. The molecule has 2 rings (SSSR count). The molecule has 2 N–H and O–H groups in total. The van der Waals surface area contributed by atoms with E-state index in [-0.39, 0.29) is 6.10 Å². The Morgan fingerprint density at radius 2 is 2.47 bits per heavy atom. The van der Waals surface area contributed by atoms with Crippen molar-refractivity contribution in [1.82, 2.24) is 4.37 Å². The Bertz CT molecular complexity index is 370. The van der Waals surface area contributed by atoms with Crippen LogP contribution in [0.15, 0.2) is 0 Å². The average Bonchev–Trinajstić information content (AvgIpc) is 2.53. The second-order valence-corrected chi connectivity index (χ2v) is 4.87. The molecule has 0 spiro atoms. The molecule has 1 atom stereocenters. The lowest BCUT2D eigenvalue weighted by molar-refractivity contribution is 0.0821. The summed E-state index contributed by atoms with van der Waals surface area (Å²) in [5.74, 6) is 1.22. The van der Waals surface area contributed by atoms with E-state index in [0.717, 1.165) is 36.9 Å². The number of rotatable bonds is 3. The highest BCUT2D eigenvalue weighted by molar-refractivity contribution is 7.11. The van der Waals surface area contributed by atoms with Crippen LogP contribution in [0.25, 0.3) is 0 Å². The van der Waals surface area contributed by atoms with Gasteiger partial charge >= 0.3 is 0 Å². The summed E-state index contributed by atoms with van der Waals surface area (Å²) in [5.41, 5.74) is 5.82. The molecule has 1 aliphatic heterocycles. The largest absolute Gasteiger partial charge is 0.487 e. The Balaban J connectivity index is 2.19. The van der Waals surface area contributed by atoms with Gasteiger partial charge in [0.25, 0.3) is 0 Å². The molecule has 96 valence electrons. The maximum Gasteiger partial charge on any atom is 0.197 e. The normalized spacial score (nSPS) is 21.3. The smallest absolute Gasteiger partial charge is 0.197 e. The maximum absolute atomic E-state index is 5.82. The first-order valence-corrected chi connectivity index (χ1v) is 6.74. The number of hydrogen-bond acceptors (Lipinski definition) is 6. The molecule has 0 saturated carbocycles. The topological polar surface area (TPSA) is 60.6 Å². The molecule has 0 amide bonds. The molecule has 0 aliphatic carbocycles. The van der Waals surface area contributed by atoms with Gasteiger partial charge in [-0.15, -0.1) is 0 Å². The molecular formula is C11H19N3O2S. The summed E-state index contributed by atoms with van der Waals surface area (Å²) in [6.07, 6.45) is 1.25. The second-order valence-electron chi connectivity index (χ2n) is 4.12. The first kappa shape index (κ1) is 12.4. The van der Waals surface area contributed by atoms with Gasteiger partial charge in [-0.2, -0.15) is 4.37 Å². The van der Waals surface area contributed by atoms with Crippen LogP contribution in [0.1, 0.15) is 20.3 Å². The number of ether oxygens (including phenoxy) is 2. The lowest BCUT2D eigenvalue weighted by atomic mass is 10.3. The fraction of sp³-hybridized carbons (Fsp3) is 0.727. The zero-order valence-corrected chi connectivity index (χ0v) is 11.1. The van der Waals surface area contributed by atoms with Gasteiger partial charge in [-0.25, -0.2) is 0 Å². The highest BCUT2D eigenvalue weighted by Gasteiger charge is 2.22. The summed E-state index contributed by atoms with van der Waals surface area (Å²) in [7, 11) is 0. The predicted molar refractivity (Wildman–Crippen MR) is 69.9 cm³/mol. The van der Waals surface area contributed by atoms with Gasteiger partial charge in [0.1, 0.15) is 0 Å². The number of nitrogens with zero attached hydrogens (tertiary/aromatic N) is 2. The molecule has 1 aliphatic rings. The van der Waals surface area contributed by atoms with Crippen molar-refractivity contribution in [3.63, 3.8) is 0 Å². The van der Waals surface area contributed by atoms with Gasteiger partial charge in [0.2, 0.25) is 0 Å². The minimum absolute atomic E-state index is 0.232. The lowest BCUT2D eigenvalue weighted by Gasteiger charge is -2.23. The molecule has 17 heavy (non-hydrogen) atoms. The Kier molecular flexibility index (Phi) is 4.06. The predicted octanol–water partition coefficient (Wildman–Crippen LogP) is 1.74. The summed E-state index contributed by atoms with van der Waals surface area (Å²) < 4.78 is 15.4. The van der Waals surface area contributed by atoms with Crippen LogP contribution in [0.4, 0.5) is 10.8 Å². The number of aromatic nitrogens is 1. The molecule has 1 aromatic rings. The summed E-state index contributed by atoms with van der Waals surface area (Å²) in [6, 6.07) is 0. The molecule has 1 unspecified atom stereocenters. The summed E-state index contributed by atoms with van der Waals surface area (Å²) in [6.45, 7) is 7.29. The lowest BCUT2D eigenvalue weighted by Crippen LogP contribution is -2.29.